The zero-order chi connectivity index (χ0) is 14.4. The van der Waals surface area contributed by atoms with Crippen molar-refractivity contribution < 1.29 is 14.7 Å². The zero-order valence-electron chi connectivity index (χ0n) is 12.1. The average Bonchev–Trinajstić information content (AvgIpc) is 2.38. The summed E-state index contributed by atoms with van der Waals surface area (Å²) in [5.74, 6) is -0.823. The number of carboxylic acid groups (broad SMARTS) is 1. The Morgan fingerprint density at radius 3 is 2.63 bits per heavy atom. The minimum atomic E-state index is -0.849. The van der Waals surface area contributed by atoms with Crippen LogP contribution in [0.5, 0.6) is 0 Å². The van der Waals surface area contributed by atoms with Crippen LogP contribution in [-0.2, 0) is 9.59 Å². The van der Waals surface area contributed by atoms with Gasteiger partial charge < -0.3 is 15.7 Å². The lowest BCUT2D eigenvalue weighted by Gasteiger charge is -2.29. The summed E-state index contributed by atoms with van der Waals surface area (Å²) >= 11 is 0. The van der Waals surface area contributed by atoms with Gasteiger partial charge in [-0.05, 0) is 31.2 Å². The summed E-state index contributed by atoms with van der Waals surface area (Å²) in [6.07, 6.45) is 3.06. The molecule has 1 aliphatic heterocycles. The Morgan fingerprint density at radius 1 is 1.42 bits per heavy atom. The van der Waals surface area contributed by atoms with Gasteiger partial charge in [0.25, 0.3) is 0 Å². The lowest BCUT2D eigenvalue weighted by atomic mass is 9.90. The first kappa shape index (κ1) is 16.0. The lowest BCUT2D eigenvalue weighted by Crippen LogP contribution is -2.50. The molecule has 5 heteroatoms. The molecule has 0 saturated carbocycles. The largest absolute Gasteiger partial charge is 0.481 e. The lowest BCUT2D eigenvalue weighted by molar-refractivity contribution is -0.143. The van der Waals surface area contributed by atoms with E-state index in [-0.39, 0.29) is 24.4 Å². The smallest absolute Gasteiger partial charge is 0.308 e. The van der Waals surface area contributed by atoms with Crippen molar-refractivity contribution in [2.45, 2.75) is 46.1 Å². The van der Waals surface area contributed by atoms with Crippen molar-refractivity contribution in [3.8, 4) is 0 Å². The van der Waals surface area contributed by atoms with Gasteiger partial charge in [-0.1, -0.05) is 27.2 Å². The Bertz CT molecular complexity index is 318. The average molecular weight is 270 g/mol. The third kappa shape index (κ3) is 4.82. The van der Waals surface area contributed by atoms with Crippen molar-refractivity contribution in [1.29, 1.82) is 0 Å². The molecule has 5 nitrogen and oxygen atoms in total. The van der Waals surface area contributed by atoms with Gasteiger partial charge in [0.15, 0.2) is 0 Å². The molecule has 19 heavy (non-hydrogen) atoms. The van der Waals surface area contributed by atoms with E-state index in [1.807, 2.05) is 13.8 Å². The van der Waals surface area contributed by atoms with Gasteiger partial charge >= 0.3 is 5.97 Å². The van der Waals surface area contributed by atoms with Crippen molar-refractivity contribution in [1.82, 2.24) is 10.6 Å². The predicted molar refractivity (Wildman–Crippen MR) is 73.8 cm³/mol. The molecule has 0 bridgehead atoms. The molecule has 1 saturated heterocycles. The number of hydrogen-bond donors (Lipinski definition) is 3. The number of piperidine rings is 1. The third-order valence-corrected chi connectivity index (χ3v) is 4.02. The molecule has 3 atom stereocenters. The standard InChI is InChI=1S/C14H26N2O3/c1-4-10-5-6-15-12(7-10)13(17)16-8-11(9(2)3)14(18)19/h9-12,15H,4-8H2,1-3H3,(H,16,17)(H,18,19). The van der Waals surface area contributed by atoms with Gasteiger partial charge in [-0.25, -0.2) is 0 Å². The van der Waals surface area contributed by atoms with Crippen LogP contribution in [0.2, 0.25) is 0 Å². The van der Waals surface area contributed by atoms with Crippen LogP contribution >= 0.6 is 0 Å². The normalized spacial score (nSPS) is 25.1. The first-order chi connectivity index (χ1) is 8.95. The van der Waals surface area contributed by atoms with Crippen LogP contribution in [0.15, 0.2) is 0 Å². The molecule has 1 rings (SSSR count). The molecular formula is C14H26N2O3. The van der Waals surface area contributed by atoms with Crippen molar-refractivity contribution in [2.24, 2.45) is 17.8 Å². The Hall–Kier alpha value is -1.10. The molecule has 1 aliphatic rings. The maximum atomic E-state index is 12.0. The molecule has 3 unspecified atom stereocenters. The predicted octanol–water partition coefficient (Wildman–Crippen LogP) is 1.24. The molecule has 0 aliphatic carbocycles. The molecule has 0 radical (unpaired) electrons. The van der Waals surface area contributed by atoms with Crippen molar-refractivity contribution in [3.05, 3.63) is 0 Å². The van der Waals surface area contributed by atoms with E-state index in [4.69, 9.17) is 5.11 Å². The van der Waals surface area contributed by atoms with E-state index in [0.29, 0.717) is 5.92 Å². The van der Waals surface area contributed by atoms with Crippen LogP contribution in [-0.4, -0.2) is 36.1 Å². The SMILES string of the molecule is CCC1CCNC(C(=O)NCC(C(=O)O)C(C)C)C1. The van der Waals surface area contributed by atoms with Gasteiger partial charge in [0.05, 0.1) is 12.0 Å². The number of hydrogen-bond acceptors (Lipinski definition) is 3. The first-order valence-electron chi connectivity index (χ1n) is 7.19. The second-order valence-electron chi connectivity index (χ2n) is 5.74. The van der Waals surface area contributed by atoms with E-state index in [1.165, 1.54) is 0 Å². The Balaban J connectivity index is 2.43. The van der Waals surface area contributed by atoms with Gasteiger partial charge in [0.2, 0.25) is 5.91 Å². The van der Waals surface area contributed by atoms with Gasteiger partial charge in [0.1, 0.15) is 0 Å². The summed E-state index contributed by atoms with van der Waals surface area (Å²) in [6, 6.07) is -0.166. The maximum Gasteiger partial charge on any atom is 0.308 e. The summed E-state index contributed by atoms with van der Waals surface area (Å²) in [6.45, 7) is 6.93. The summed E-state index contributed by atoms with van der Waals surface area (Å²) in [7, 11) is 0. The van der Waals surface area contributed by atoms with Gasteiger partial charge in [0, 0.05) is 6.54 Å². The molecule has 1 amide bonds. The van der Waals surface area contributed by atoms with E-state index >= 15 is 0 Å². The van der Waals surface area contributed by atoms with Crippen molar-refractivity contribution in [2.75, 3.05) is 13.1 Å². The molecule has 110 valence electrons. The Morgan fingerprint density at radius 2 is 2.11 bits per heavy atom. The van der Waals surface area contributed by atoms with E-state index in [1.54, 1.807) is 0 Å². The van der Waals surface area contributed by atoms with E-state index in [0.717, 1.165) is 25.8 Å². The van der Waals surface area contributed by atoms with Crippen LogP contribution in [0, 0.1) is 17.8 Å². The second kappa shape index (κ2) is 7.48. The molecule has 0 aromatic carbocycles. The number of carbonyl (C=O) groups is 2. The van der Waals surface area contributed by atoms with Crippen molar-refractivity contribution >= 4 is 11.9 Å². The van der Waals surface area contributed by atoms with Crippen molar-refractivity contribution in [3.63, 3.8) is 0 Å². The molecule has 1 fully saturated rings. The summed E-state index contributed by atoms with van der Waals surface area (Å²) in [5, 5.41) is 15.1. The molecular weight excluding hydrogens is 244 g/mol. The number of rotatable bonds is 6. The van der Waals surface area contributed by atoms with Crippen LogP contribution in [0.25, 0.3) is 0 Å². The number of amides is 1. The van der Waals surface area contributed by atoms with Crippen LogP contribution < -0.4 is 10.6 Å². The highest BCUT2D eigenvalue weighted by molar-refractivity contribution is 5.82. The van der Waals surface area contributed by atoms with Crippen LogP contribution in [0.3, 0.4) is 0 Å². The molecule has 0 aromatic heterocycles. The number of carboxylic acids is 1. The topological polar surface area (TPSA) is 78.4 Å². The van der Waals surface area contributed by atoms with Crippen LogP contribution in [0.1, 0.15) is 40.0 Å². The summed E-state index contributed by atoms with van der Waals surface area (Å²) in [5.41, 5.74) is 0. The minimum absolute atomic E-state index is 0.0144. The number of carbonyl (C=O) groups excluding carboxylic acids is 1. The van der Waals surface area contributed by atoms with Crippen LogP contribution in [0.4, 0.5) is 0 Å². The number of aliphatic carboxylic acids is 1. The highest BCUT2D eigenvalue weighted by Gasteiger charge is 2.28. The molecule has 0 aromatic rings. The highest BCUT2D eigenvalue weighted by atomic mass is 16.4. The third-order valence-electron chi connectivity index (χ3n) is 4.02. The number of nitrogens with one attached hydrogen (secondary N) is 2. The molecule has 0 spiro atoms. The van der Waals surface area contributed by atoms with Gasteiger partial charge in [-0.3, -0.25) is 9.59 Å². The molecule has 1 heterocycles. The fourth-order valence-corrected chi connectivity index (χ4v) is 2.51. The zero-order valence-corrected chi connectivity index (χ0v) is 12.1. The monoisotopic (exact) mass is 270 g/mol. The van der Waals surface area contributed by atoms with Gasteiger partial charge in [-0.15, -0.1) is 0 Å². The molecule has 3 N–H and O–H groups in total. The van der Waals surface area contributed by atoms with E-state index in [9.17, 15) is 9.59 Å². The fraction of sp³-hybridized carbons (Fsp3) is 0.857. The van der Waals surface area contributed by atoms with Gasteiger partial charge in [-0.2, -0.15) is 0 Å². The minimum Gasteiger partial charge on any atom is -0.481 e. The fourth-order valence-electron chi connectivity index (χ4n) is 2.51. The van der Waals surface area contributed by atoms with E-state index in [2.05, 4.69) is 17.6 Å². The highest BCUT2D eigenvalue weighted by Crippen LogP contribution is 2.19. The second-order valence-corrected chi connectivity index (χ2v) is 5.74. The first-order valence-corrected chi connectivity index (χ1v) is 7.19. The summed E-state index contributed by atoms with van der Waals surface area (Å²) in [4.78, 5) is 23.1. The Labute approximate surface area is 115 Å². The quantitative estimate of drug-likeness (QED) is 0.678. The van der Waals surface area contributed by atoms with E-state index < -0.39 is 11.9 Å². The maximum absolute atomic E-state index is 12.0. The summed E-state index contributed by atoms with van der Waals surface area (Å²) < 4.78 is 0. The Kier molecular flexibility index (Phi) is 6.28.